The lowest BCUT2D eigenvalue weighted by atomic mass is 9.95. The molecule has 5 rings (SSSR count). The van der Waals surface area contributed by atoms with Gasteiger partial charge in [-0.2, -0.15) is 0 Å². The zero-order valence-electron chi connectivity index (χ0n) is 19.6. The number of hydrogen-bond donors (Lipinski definition) is 2. The molecule has 2 N–H and O–H groups in total. The average Bonchev–Trinajstić information content (AvgIpc) is 3.19. The van der Waals surface area contributed by atoms with Crippen LogP contribution in [0.1, 0.15) is 72.0 Å². The van der Waals surface area contributed by atoms with Crippen LogP contribution in [0.25, 0.3) is 0 Å². The molecule has 2 aromatic carbocycles. The molecule has 0 radical (unpaired) electrons. The van der Waals surface area contributed by atoms with E-state index in [0.717, 1.165) is 17.7 Å². The van der Waals surface area contributed by atoms with E-state index in [1.54, 1.807) is 4.90 Å². The van der Waals surface area contributed by atoms with Gasteiger partial charge < -0.3 is 20.3 Å². The van der Waals surface area contributed by atoms with Gasteiger partial charge in [0.25, 0.3) is 5.91 Å². The van der Waals surface area contributed by atoms with Crippen LogP contribution in [0.4, 0.5) is 0 Å². The summed E-state index contributed by atoms with van der Waals surface area (Å²) in [5.74, 6) is 0.442. The molecule has 3 aliphatic rings. The Labute approximate surface area is 201 Å². The summed E-state index contributed by atoms with van der Waals surface area (Å²) in [7, 11) is 0. The number of piperidine rings is 1. The summed E-state index contributed by atoms with van der Waals surface area (Å²) < 4.78 is 6.15. The summed E-state index contributed by atoms with van der Waals surface area (Å²) in [6.07, 6.45) is 7.90. The third-order valence-corrected chi connectivity index (χ3v) is 7.27. The topological polar surface area (TPSA) is 70.7 Å². The predicted octanol–water partition coefficient (Wildman–Crippen LogP) is 4.44. The van der Waals surface area contributed by atoms with Gasteiger partial charge >= 0.3 is 0 Å². The normalized spacial score (nSPS) is 20.9. The van der Waals surface area contributed by atoms with E-state index in [-0.39, 0.29) is 11.8 Å². The number of fused-ring (bicyclic) bond motifs is 1. The lowest BCUT2D eigenvalue weighted by Gasteiger charge is -2.31. The van der Waals surface area contributed by atoms with Crippen LogP contribution in [0, 0.1) is 0 Å². The van der Waals surface area contributed by atoms with E-state index < -0.39 is 6.04 Å². The van der Waals surface area contributed by atoms with E-state index in [0.29, 0.717) is 49.0 Å². The lowest BCUT2D eigenvalue weighted by molar-refractivity contribution is -0.126. The van der Waals surface area contributed by atoms with Gasteiger partial charge in [-0.05, 0) is 48.9 Å². The Hall–Kier alpha value is -3.12. The first-order valence-corrected chi connectivity index (χ1v) is 12.4. The van der Waals surface area contributed by atoms with Gasteiger partial charge in [0, 0.05) is 29.4 Å². The number of rotatable bonds is 7. The molecule has 1 atom stereocenters. The molecule has 1 unspecified atom stereocenters. The highest BCUT2D eigenvalue weighted by atomic mass is 16.5. The number of carbonyl (C=O) groups is 2. The molecule has 34 heavy (non-hydrogen) atoms. The maximum atomic E-state index is 13.0. The zero-order chi connectivity index (χ0) is 23.5. The molecule has 0 bridgehead atoms. The first-order chi connectivity index (χ1) is 16.6. The van der Waals surface area contributed by atoms with Crippen molar-refractivity contribution in [3.63, 3.8) is 0 Å². The molecule has 2 fully saturated rings. The predicted molar refractivity (Wildman–Crippen MR) is 131 cm³/mol. The van der Waals surface area contributed by atoms with Gasteiger partial charge in [-0.3, -0.25) is 9.59 Å². The standard InChI is InChI=1S/C28H33N3O3/c1-19-10-15-25(27(32)30-19)31-17-24-23(28(31)33)8-5-9-26(24)34-18-21-13-11-20(12-14-21)16-29-22-6-3-2-4-7-22/h5,8-9,11-14,22,25,29H,1-4,6-7,10,15-18H2,(H,30,32). The summed E-state index contributed by atoms with van der Waals surface area (Å²) in [6, 6.07) is 14.3. The van der Waals surface area contributed by atoms with Crippen LogP contribution in [0.2, 0.25) is 0 Å². The second kappa shape index (κ2) is 10.0. The third kappa shape index (κ3) is 4.87. The van der Waals surface area contributed by atoms with Crippen molar-refractivity contribution in [2.24, 2.45) is 0 Å². The van der Waals surface area contributed by atoms with Crippen molar-refractivity contribution in [1.82, 2.24) is 15.5 Å². The number of nitrogens with zero attached hydrogens (tertiary/aromatic N) is 1. The van der Waals surface area contributed by atoms with Gasteiger partial charge in [0.2, 0.25) is 5.91 Å². The van der Waals surface area contributed by atoms with E-state index in [4.69, 9.17) is 4.74 Å². The molecule has 178 valence electrons. The molecule has 1 saturated heterocycles. The van der Waals surface area contributed by atoms with Crippen LogP contribution >= 0.6 is 0 Å². The fourth-order valence-electron chi connectivity index (χ4n) is 5.26. The molecule has 1 saturated carbocycles. The maximum absolute atomic E-state index is 13.0. The van der Waals surface area contributed by atoms with Gasteiger partial charge in [0.05, 0.1) is 6.54 Å². The number of ether oxygens (including phenoxy) is 1. The lowest BCUT2D eigenvalue weighted by Crippen LogP contribution is -2.49. The van der Waals surface area contributed by atoms with E-state index in [1.807, 2.05) is 18.2 Å². The number of hydrogen-bond acceptors (Lipinski definition) is 4. The monoisotopic (exact) mass is 459 g/mol. The molecular formula is C28H33N3O3. The number of nitrogens with one attached hydrogen (secondary N) is 2. The Morgan fingerprint density at radius 1 is 1.00 bits per heavy atom. The summed E-state index contributed by atoms with van der Waals surface area (Å²) >= 11 is 0. The van der Waals surface area contributed by atoms with Crippen LogP contribution in [-0.2, 0) is 24.5 Å². The van der Waals surface area contributed by atoms with Crippen molar-refractivity contribution in [3.8, 4) is 5.75 Å². The molecule has 0 spiro atoms. The van der Waals surface area contributed by atoms with Crippen molar-refractivity contribution < 1.29 is 14.3 Å². The molecule has 2 amide bonds. The van der Waals surface area contributed by atoms with Crippen molar-refractivity contribution in [1.29, 1.82) is 0 Å². The van der Waals surface area contributed by atoms with Gasteiger partial charge in [0.15, 0.2) is 0 Å². The minimum absolute atomic E-state index is 0.108. The fraction of sp³-hybridized carbons (Fsp3) is 0.429. The van der Waals surface area contributed by atoms with E-state index >= 15 is 0 Å². The Kier molecular flexibility index (Phi) is 6.68. The van der Waals surface area contributed by atoms with E-state index in [1.165, 1.54) is 37.7 Å². The molecule has 0 aromatic heterocycles. The largest absolute Gasteiger partial charge is 0.489 e. The van der Waals surface area contributed by atoms with Crippen LogP contribution in [0.5, 0.6) is 5.75 Å². The Morgan fingerprint density at radius 3 is 2.53 bits per heavy atom. The number of amides is 2. The average molecular weight is 460 g/mol. The summed E-state index contributed by atoms with van der Waals surface area (Å²) in [6.45, 7) is 5.56. The number of allylic oxidation sites excluding steroid dienone is 1. The molecule has 2 heterocycles. The second-order valence-electron chi connectivity index (χ2n) is 9.68. The molecule has 6 nitrogen and oxygen atoms in total. The Bertz CT molecular complexity index is 1070. The minimum atomic E-state index is -0.465. The van der Waals surface area contributed by atoms with Crippen molar-refractivity contribution in [2.45, 2.75) is 76.7 Å². The molecule has 1 aliphatic carbocycles. The van der Waals surface area contributed by atoms with Crippen LogP contribution in [0.15, 0.2) is 54.7 Å². The minimum Gasteiger partial charge on any atom is -0.489 e. The third-order valence-electron chi connectivity index (χ3n) is 7.27. The van der Waals surface area contributed by atoms with Gasteiger partial charge in [0.1, 0.15) is 18.4 Å². The smallest absolute Gasteiger partial charge is 0.255 e. The molecule has 2 aromatic rings. The first kappa shape index (κ1) is 22.7. The molecule has 2 aliphatic heterocycles. The maximum Gasteiger partial charge on any atom is 0.255 e. The highest BCUT2D eigenvalue weighted by Crippen LogP contribution is 2.34. The highest BCUT2D eigenvalue weighted by molar-refractivity contribution is 6.02. The Morgan fingerprint density at radius 2 is 1.76 bits per heavy atom. The van der Waals surface area contributed by atoms with Crippen LogP contribution in [0.3, 0.4) is 0 Å². The summed E-state index contributed by atoms with van der Waals surface area (Å²) in [4.78, 5) is 27.1. The number of benzene rings is 2. The van der Waals surface area contributed by atoms with Crippen LogP contribution < -0.4 is 15.4 Å². The van der Waals surface area contributed by atoms with Crippen molar-refractivity contribution in [3.05, 3.63) is 77.0 Å². The highest BCUT2D eigenvalue weighted by Gasteiger charge is 2.39. The first-order valence-electron chi connectivity index (χ1n) is 12.4. The quantitative estimate of drug-likeness (QED) is 0.642. The molecule has 6 heteroatoms. The zero-order valence-corrected chi connectivity index (χ0v) is 19.6. The van der Waals surface area contributed by atoms with Gasteiger partial charge in [-0.15, -0.1) is 0 Å². The van der Waals surface area contributed by atoms with Gasteiger partial charge in [-0.25, -0.2) is 0 Å². The Balaban J connectivity index is 1.19. The summed E-state index contributed by atoms with van der Waals surface area (Å²) in [5, 5.41) is 6.47. The van der Waals surface area contributed by atoms with Crippen molar-refractivity contribution >= 4 is 11.8 Å². The SMILES string of the molecule is C=C1CCC(N2Cc3c(OCc4ccc(CNC5CCCCC5)cc4)cccc3C2=O)C(=O)N1. The summed E-state index contributed by atoms with van der Waals surface area (Å²) in [5.41, 5.74) is 4.57. The van der Waals surface area contributed by atoms with Crippen LogP contribution in [-0.4, -0.2) is 28.8 Å². The fourth-order valence-corrected chi connectivity index (χ4v) is 5.26. The van der Waals surface area contributed by atoms with Gasteiger partial charge in [-0.1, -0.05) is 56.2 Å². The van der Waals surface area contributed by atoms with E-state index in [2.05, 4.69) is 41.5 Å². The number of carbonyl (C=O) groups excluding carboxylic acids is 2. The second-order valence-corrected chi connectivity index (χ2v) is 9.68. The van der Waals surface area contributed by atoms with Crippen molar-refractivity contribution in [2.75, 3.05) is 0 Å². The molecular weight excluding hydrogens is 426 g/mol. The van der Waals surface area contributed by atoms with E-state index in [9.17, 15) is 9.59 Å².